The van der Waals surface area contributed by atoms with Gasteiger partial charge in [0.25, 0.3) is 0 Å². The molecule has 1 aromatic heterocycles. The van der Waals surface area contributed by atoms with Crippen molar-refractivity contribution in [2.24, 2.45) is 0 Å². The molecule has 1 unspecified atom stereocenters. The van der Waals surface area contributed by atoms with Gasteiger partial charge in [-0.3, -0.25) is 0 Å². The van der Waals surface area contributed by atoms with E-state index in [1.54, 1.807) is 13.3 Å². The van der Waals surface area contributed by atoms with Gasteiger partial charge in [0, 0.05) is 26.1 Å². The van der Waals surface area contributed by atoms with Gasteiger partial charge in [-0.1, -0.05) is 51.2 Å². The van der Waals surface area contributed by atoms with Gasteiger partial charge in [-0.15, -0.1) is 0 Å². The molecule has 4 nitrogen and oxygen atoms in total. The van der Waals surface area contributed by atoms with Crippen LogP contribution in [0.1, 0.15) is 64.7 Å². The molecule has 0 radical (unpaired) electrons. The molecule has 0 saturated carbocycles. The second-order valence-corrected chi connectivity index (χ2v) is 6.36. The lowest BCUT2D eigenvalue weighted by Gasteiger charge is -2.16. The molecule has 138 valence electrons. The number of imidazole rings is 1. The van der Waals surface area contributed by atoms with E-state index >= 15 is 0 Å². The van der Waals surface area contributed by atoms with Gasteiger partial charge >= 0.3 is 0 Å². The Kier molecular flexibility index (Phi) is 13.4. The molecule has 0 saturated heterocycles. The van der Waals surface area contributed by atoms with Gasteiger partial charge < -0.3 is 14.0 Å². The van der Waals surface area contributed by atoms with Crippen molar-refractivity contribution in [3.05, 3.63) is 30.9 Å². The van der Waals surface area contributed by atoms with Gasteiger partial charge in [0.15, 0.2) is 0 Å². The van der Waals surface area contributed by atoms with Crippen molar-refractivity contribution in [1.82, 2.24) is 9.55 Å². The molecule has 0 N–H and O–H groups in total. The first-order chi connectivity index (χ1) is 11.9. The van der Waals surface area contributed by atoms with Crippen LogP contribution in [0.5, 0.6) is 0 Å². The van der Waals surface area contributed by atoms with Crippen LogP contribution in [-0.4, -0.2) is 36.0 Å². The largest absolute Gasteiger partial charge is 0.379 e. The van der Waals surface area contributed by atoms with E-state index in [0.29, 0.717) is 6.61 Å². The average molecular weight is 337 g/mol. The maximum atomic E-state index is 5.75. The predicted octanol–water partition coefficient (Wildman–Crippen LogP) is 5.00. The fourth-order valence-corrected chi connectivity index (χ4v) is 2.62. The van der Waals surface area contributed by atoms with Crippen LogP contribution in [0.15, 0.2) is 30.9 Å². The summed E-state index contributed by atoms with van der Waals surface area (Å²) >= 11 is 0. The van der Waals surface area contributed by atoms with Crippen LogP contribution >= 0.6 is 0 Å². The lowest BCUT2D eigenvalue weighted by Crippen LogP contribution is -2.24. The number of aromatic nitrogens is 2. The second kappa shape index (κ2) is 15.4. The summed E-state index contributed by atoms with van der Waals surface area (Å²) < 4.78 is 13.2. The number of hydrogen-bond acceptors (Lipinski definition) is 3. The highest BCUT2D eigenvalue weighted by molar-refractivity contribution is 4.80. The van der Waals surface area contributed by atoms with E-state index in [2.05, 4.69) is 24.1 Å². The Hall–Kier alpha value is -1.13. The first-order valence-electron chi connectivity index (χ1n) is 9.58. The van der Waals surface area contributed by atoms with E-state index in [9.17, 15) is 0 Å². The first kappa shape index (κ1) is 20.9. The fourth-order valence-electron chi connectivity index (χ4n) is 2.62. The van der Waals surface area contributed by atoms with E-state index in [-0.39, 0.29) is 6.10 Å². The number of hydrogen-bond donors (Lipinski definition) is 0. The van der Waals surface area contributed by atoms with E-state index in [1.807, 2.05) is 17.1 Å². The van der Waals surface area contributed by atoms with Crippen molar-refractivity contribution in [3.63, 3.8) is 0 Å². The summed E-state index contributed by atoms with van der Waals surface area (Å²) in [5.74, 6) is 0. The Morgan fingerprint density at radius 1 is 1.04 bits per heavy atom. The zero-order valence-electron chi connectivity index (χ0n) is 15.7. The van der Waals surface area contributed by atoms with Gasteiger partial charge in [-0.05, 0) is 25.7 Å². The summed E-state index contributed by atoms with van der Waals surface area (Å²) in [5, 5.41) is 0. The Morgan fingerprint density at radius 3 is 2.50 bits per heavy atom. The smallest absolute Gasteiger partial charge is 0.0983 e. The van der Waals surface area contributed by atoms with Crippen LogP contribution in [0.25, 0.3) is 0 Å². The van der Waals surface area contributed by atoms with Gasteiger partial charge in [0.1, 0.15) is 0 Å². The van der Waals surface area contributed by atoms with Crippen molar-refractivity contribution in [2.75, 3.05) is 20.3 Å². The molecule has 24 heavy (non-hydrogen) atoms. The number of rotatable bonds is 16. The average Bonchev–Trinajstić information content (AvgIpc) is 3.11. The van der Waals surface area contributed by atoms with Gasteiger partial charge in [0.05, 0.1) is 25.6 Å². The molecule has 0 spiro atoms. The maximum Gasteiger partial charge on any atom is 0.0983 e. The highest BCUT2D eigenvalue weighted by atomic mass is 16.5. The normalized spacial score (nSPS) is 12.9. The van der Waals surface area contributed by atoms with E-state index < -0.39 is 0 Å². The molecule has 1 heterocycles. The summed E-state index contributed by atoms with van der Waals surface area (Å²) in [6.07, 6.45) is 21.8. The summed E-state index contributed by atoms with van der Waals surface area (Å²) in [5.41, 5.74) is 0. The minimum atomic E-state index is 0.0972. The fraction of sp³-hybridized carbons (Fsp3) is 0.750. The summed E-state index contributed by atoms with van der Waals surface area (Å²) in [4.78, 5) is 4.04. The van der Waals surface area contributed by atoms with Gasteiger partial charge in [-0.2, -0.15) is 0 Å². The Balaban J connectivity index is 1.86. The molecule has 4 heteroatoms. The van der Waals surface area contributed by atoms with Gasteiger partial charge in [-0.25, -0.2) is 4.98 Å². The summed E-state index contributed by atoms with van der Waals surface area (Å²) in [7, 11) is 1.74. The first-order valence-corrected chi connectivity index (χ1v) is 9.58. The molecular formula is C20H36N2O2. The van der Waals surface area contributed by atoms with Crippen molar-refractivity contribution in [1.29, 1.82) is 0 Å². The third-order valence-electron chi connectivity index (χ3n) is 4.14. The van der Waals surface area contributed by atoms with Gasteiger partial charge in [0.2, 0.25) is 0 Å². The second-order valence-electron chi connectivity index (χ2n) is 6.36. The maximum absolute atomic E-state index is 5.75. The van der Waals surface area contributed by atoms with Crippen LogP contribution in [0.4, 0.5) is 0 Å². The van der Waals surface area contributed by atoms with Crippen LogP contribution in [0.2, 0.25) is 0 Å². The molecule has 1 atom stereocenters. The lowest BCUT2D eigenvalue weighted by molar-refractivity contribution is -0.00100. The quantitative estimate of drug-likeness (QED) is 0.315. The Bertz CT molecular complexity index is 390. The van der Waals surface area contributed by atoms with Crippen LogP contribution in [-0.2, 0) is 16.0 Å². The molecule has 0 aliphatic rings. The zero-order valence-corrected chi connectivity index (χ0v) is 15.7. The standard InChI is InChI=1S/C20H36N2O2/c1-3-4-5-6-7-8-9-10-11-12-13-16-24-18-20(23-2)17-22-15-14-21-19-22/h5-6,14-15,19-20H,3-4,7-13,16-18H2,1-2H3. The zero-order chi connectivity index (χ0) is 17.3. The summed E-state index contributed by atoms with van der Waals surface area (Å²) in [6, 6.07) is 0. The Labute approximate surface area is 148 Å². The molecule has 0 aliphatic carbocycles. The van der Waals surface area contributed by atoms with E-state index in [4.69, 9.17) is 9.47 Å². The molecule has 1 aromatic rings. The number of methoxy groups -OCH3 is 1. The number of unbranched alkanes of at least 4 members (excludes halogenated alkanes) is 7. The molecule has 1 rings (SSSR count). The third-order valence-corrected chi connectivity index (χ3v) is 4.14. The molecule has 0 bridgehead atoms. The summed E-state index contributed by atoms with van der Waals surface area (Å²) in [6.45, 7) is 4.51. The SMILES string of the molecule is CCCC=CCCCCCCCCOCC(Cn1ccnc1)OC. The van der Waals surface area contributed by atoms with E-state index in [0.717, 1.165) is 19.6 Å². The number of allylic oxidation sites excluding steroid dienone is 2. The lowest BCUT2D eigenvalue weighted by atomic mass is 10.1. The number of nitrogens with zero attached hydrogens (tertiary/aromatic N) is 2. The topological polar surface area (TPSA) is 36.3 Å². The van der Waals surface area contributed by atoms with E-state index in [1.165, 1.54) is 51.4 Å². The van der Waals surface area contributed by atoms with Crippen molar-refractivity contribution >= 4 is 0 Å². The minimum Gasteiger partial charge on any atom is -0.379 e. The van der Waals surface area contributed by atoms with Crippen LogP contribution in [0.3, 0.4) is 0 Å². The molecule has 0 aliphatic heterocycles. The highest BCUT2D eigenvalue weighted by Crippen LogP contribution is 2.08. The third kappa shape index (κ3) is 11.4. The van der Waals surface area contributed by atoms with Crippen molar-refractivity contribution in [3.8, 4) is 0 Å². The molecule has 0 aromatic carbocycles. The van der Waals surface area contributed by atoms with Crippen molar-refractivity contribution < 1.29 is 9.47 Å². The van der Waals surface area contributed by atoms with Crippen LogP contribution in [0, 0.1) is 0 Å². The Morgan fingerprint density at radius 2 is 1.79 bits per heavy atom. The predicted molar refractivity (Wildman–Crippen MR) is 100 cm³/mol. The monoisotopic (exact) mass is 336 g/mol. The highest BCUT2D eigenvalue weighted by Gasteiger charge is 2.07. The van der Waals surface area contributed by atoms with Crippen molar-refractivity contribution in [2.45, 2.75) is 77.4 Å². The number of ether oxygens (including phenoxy) is 2. The molecular weight excluding hydrogens is 300 g/mol. The van der Waals surface area contributed by atoms with Crippen LogP contribution < -0.4 is 0 Å². The molecule has 0 fully saturated rings. The molecule has 0 amide bonds. The minimum absolute atomic E-state index is 0.0972.